The molecule has 25 heavy (non-hydrogen) atoms. The molecule has 0 bridgehead atoms. The van der Waals surface area contributed by atoms with Crippen LogP contribution in [0.2, 0.25) is 0 Å². The highest BCUT2D eigenvalue weighted by Crippen LogP contribution is 2.37. The van der Waals surface area contributed by atoms with Gasteiger partial charge >= 0.3 is 0 Å². The first-order valence-corrected chi connectivity index (χ1v) is 8.92. The Morgan fingerprint density at radius 3 is 2.76 bits per heavy atom. The Morgan fingerprint density at radius 2 is 2.08 bits per heavy atom. The van der Waals surface area contributed by atoms with Crippen molar-refractivity contribution in [3.05, 3.63) is 24.7 Å². The maximum absolute atomic E-state index is 4.80. The van der Waals surface area contributed by atoms with E-state index < -0.39 is 0 Å². The Labute approximate surface area is 147 Å². The van der Waals surface area contributed by atoms with Crippen LogP contribution in [0, 0.1) is 5.92 Å². The third-order valence-electron chi connectivity index (χ3n) is 5.03. The van der Waals surface area contributed by atoms with Crippen molar-refractivity contribution in [1.82, 2.24) is 24.7 Å². The predicted molar refractivity (Wildman–Crippen MR) is 100 cm³/mol. The maximum Gasteiger partial charge on any atom is 0.231 e. The third-order valence-corrected chi connectivity index (χ3v) is 5.03. The summed E-state index contributed by atoms with van der Waals surface area (Å²) in [6.07, 6.45) is 8.32. The molecule has 4 rings (SSSR count). The largest absolute Gasteiger partial charge is 0.356 e. The van der Waals surface area contributed by atoms with E-state index in [-0.39, 0.29) is 0 Å². The van der Waals surface area contributed by atoms with Crippen LogP contribution in [0.1, 0.15) is 39.7 Å². The molecule has 3 heterocycles. The number of aromatic amines is 1. The van der Waals surface area contributed by atoms with Crippen LogP contribution in [0.4, 0.5) is 17.5 Å². The van der Waals surface area contributed by atoms with Crippen LogP contribution in [0.15, 0.2) is 24.7 Å². The number of fused-ring (bicyclic) bond motifs is 1. The van der Waals surface area contributed by atoms with Gasteiger partial charge < -0.3 is 15.2 Å². The van der Waals surface area contributed by atoms with E-state index in [1.807, 2.05) is 23.1 Å². The number of anilines is 3. The topological polar surface area (TPSA) is 74.7 Å². The third kappa shape index (κ3) is 3.06. The lowest BCUT2D eigenvalue weighted by Gasteiger charge is -2.26. The average molecular weight is 339 g/mol. The predicted octanol–water partition coefficient (Wildman–Crippen LogP) is 3.71. The first-order valence-electron chi connectivity index (χ1n) is 8.92. The number of hydrogen-bond donors (Lipinski definition) is 2. The molecule has 132 valence electrons. The Bertz CT molecular complexity index is 875. The quantitative estimate of drug-likeness (QED) is 0.716. The second-order valence-corrected chi connectivity index (χ2v) is 7.23. The van der Waals surface area contributed by atoms with Gasteiger partial charge in [-0.3, -0.25) is 4.68 Å². The lowest BCUT2D eigenvalue weighted by atomic mass is 10.2. The molecule has 1 atom stereocenters. The SMILES string of the molecule is CC(C)n1cc(Nc2nc(N(C)[C@H](C)C3CC3)c3cc[nH]c3n2)cn1. The van der Waals surface area contributed by atoms with Crippen LogP contribution in [-0.2, 0) is 0 Å². The number of nitrogens with zero attached hydrogens (tertiary/aromatic N) is 5. The van der Waals surface area contributed by atoms with E-state index in [2.05, 4.69) is 53.1 Å². The molecule has 0 unspecified atom stereocenters. The summed E-state index contributed by atoms with van der Waals surface area (Å²) in [5.74, 6) is 2.32. The zero-order chi connectivity index (χ0) is 17.6. The van der Waals surface area contributed by atoms with E-state index in [9.17, 15) is 0 Å². The summed E-state index contributed by atoms with van der Waals surface area (Å²) in [6, 6.07) is 2.84. The highest BCUT2D eigenvalue weighted by atomic mass is 15.3. The van der Waals surface area contributed by atoms with Crippen molar-refractivity contribution in [2.45, 2.75) is 45.7 Å². The normalized spacial score (nSPS) is 15.7. The van der Waals surface area contributed by atoms with Crippen LogP contribution in [0.3, 0.4) is 0 Å². The minimum Gasteiger partial charge on any atom is -0.356 e. The molecule has 7 heteroatoms. The summed E-state index contributed by atoms with van der Waals surface area (Å²) < 4.78 is 1.91. The van der Waals surface area contributed by atoms with Gasteiger partial charge in [0.25, 0.3) is 0 Å². The molecule has 1 fully saturated rings. The molecule has 0 amide bonds. The van der Waals surface area contributed by atoms with Gasteiger partial charge in [-0.05, 0) is 45.6 Å². The van der Waals surface area contributed by atoms with Gasteiger partial charge in [0.05, 0.1) is 17.3 Å². The average Bonchev–Trinajstić information content (AvgIpc) is 3.14. The van der Waals surface area contributed by atoms with Gasteiger partial charge in [0, 0.05) is 31.5 Å². The van der Waals surface area contributed by atoms with E-state index in [0.717, 1.165) is 28.5 Å². The van der Waals surface area contributed by atoms with Crippen molar-refractivity contribution in [1.29, 1.82) is 0 Å². The standard InChI is InChI=1S/C18H25N7/c1-11(2)25-10-14(9-20-25)21-18-22-16-15(7-8-19-16)17(23-18)24(4)12(3)13-5-6-13/h7-13H,5-6H2,1-4H3,(H2,19,21,22,23)/t12-/m1/s1. The highest BCUT2D eigenvalue weighted by molar-refractivity contribution is 5.89. The van der Waals surface area contributed by atoms with Crippen LogP contribution in [0.5, 0.6) is 0 Å². The van der Waals surface area contributed by atoms with Crippen molar-refractivity contribution >= 4 is 28.5 Å². The Kier molecular flexibility index (Phi) is 3.86. The molecule has 0 radical (unpaired) electrons. The van der Waals surface area contributed by atoms with Crippen LogP contribution >= 0.6 is 0 Å². The zero-order valence-electron chi connectivity index (χ0n) is 15.2. The molecule has 1 aliphatic rings. The first-order chi connectivity index (χ1) is 12.0. The van der Waals surface area contributed by atoms with Gasteiger partial charge in [0.2, 0.25) is 5.95 Å². The van der Waals surface area contributed by atoms with Gasteiger partial charge in [-0.25, -0.2) is 0 Å². The summed E-state index contributed by atoms with van der Waals surface area (Å²) in [4.78, 5) is 14.9. The van der Waals surface area contributed by atoms with E-state index >= 15 is 0 Å². The van der Waals surface area contributed by atoms with Crippen molar-refractivity contribution < 1.29 is 0 Å². The number of rotatable bonds is 6. The molecule has 0 aromatic carbocycles. The van der Waals surface area contributed by atoms with Crippen molar-refractivity contribution in [2.75, 3.05) is 17.3 Å². The number of hydrogen-bond acceptors (Lipinski definition) is 5. The molecular formula is C18H25N7. The molecule has 0 saturated heterocycles. The van der Waals surface area contributed by atoms with Crippen LogP contribution in [0.25, 0.3) is 11.0 Å². The van der Waals surface area contributed by atoms with Gasteiger partial charge in [0.1, 0.15) is 11.5 Å². The smallest absolute Gasteiger partial charge is 0.231 e. The molecule has 3 aromatic rings. The van der Waals surface area contributed by atoms with E-state index in [4.69, 9.17) is 4.98 Å². The summed E-state index contributed by atoms with van der Waals surface area (Å²) >= 11 is 0. The van der Waals surface area contributed by atoms with Crippen molar-refractivity contribution in [2.24, 2.45) is 5.92 Å². The zero-order valence-corrected chi connectivity index (χ0v) is 15.2. The lowest BCUT2D eigenvalue weighted by Crippen LogP contribution is -2.31. The molecule has 3 aromatic heterocycles. The lowest BCUT2D eigenvalue weighted by molar-refractivity contribution is 0.532. The Hall–Kier alpha value is -2.57. The maximum atomic E-state index is 4.80. The van der Waals surface area contributed by atoms with Crippen LogP contribution in [-0.4, -0.2) is 37.8 Å². The molecule has 0 aliphatic heterocycles. The van der Waals surface area contributed by atoms with E-state index in [0.29, 0.717) is 18.0 Å². The highest BCUT2D eigenvalue weighted by Gasteiger charge is 2.32. The fraction of sp³-hybridized carbons (Fsp3) is 0.500. The second-order valence-electron chi connectivity index (χ2n) is 7.23. The summed E-state index contributed by atoms with van der Waals surface area (Å²) in [6.45, 7) is 6.48. The Morgan fingerprint density at radius 1 is 1.28 bits per heavy atom. The summed E-state index contributed by atoms with van der Waals surface area (Å²) in [5.41, 5.74) is 1.74. The molecule has 2 N–H and O–H groups in total. The van der Waals surface area contributed by atoms with Gasteiger partial charge in [-0.1, -0.05) is 0 Å². The molecule has 7 nitrogen and oxygen atoms in total. The van der Waals surface area contributed by atoms with Gasteiger partial charge in [-0.15, -0.1) is 0 Å². The minimum absolute atomic E-state index is 0.323. The fourth-order valence-corrected chi connectivity index (χ4v) is 3.15. The molecule has 0 spiro atoms. The number of H-pyrrole nitrogens is 1. The summed E-state index contributed by atoms with van der Waals surface area (Å²) in [7, 11) is 2.12. The minimum atomic E-state index is 0.323. The van der Waals surface area contributed by atoms with Gasteiger partial charge in [-0.2, -0.15) is 15.1 Å². The Balaban J connectivity index is 1.67. The van der Waals surface area contributed by atoms with Crippen LogP contribution < -0.4 is 10.2 Å². The first kappa shape index (κ1) is 15.9. The van der Waals surface area contributed by atoms with Crippen molar-refractivity contribution in [3.63, 3.8) is 0 Å². The van der Waals surface area contributed by atoms with Gasteiger partial charge in [0.15, 0.2) is 0 Å². The second kappa shape index (κ2) is 6.06. The number of nitrogens with one attached hydrogen (secondary N) is 2. The van der Waals surface area contributed by atoms with Crippen molar-refractivity contribution in [3.8, 4) is 0 Å². The van der Waals surface area contributed by atoms with E-state index in [1.54, 1.807) is 6.20 Å². The molecular weight excluding hydrogens is 314 g/mol. The molecule has 1 aliphatic carbocycles. The number of aromatic nitrogens is 5. The molecule has 1 saturated carbocycles. The summed E-state index contributed by atoms with van der Waals surface area (Å²) in [5, 5.41) is 8.70. The van der Waals surface area contributed by atoms with E-state index in [1.165, 1.54) is 12.8 Å². The fourth-order valence-electron chi connectivity index (χ4n) is 3.15. The monoisotopic (exact) mass is 339 g/mol.